The van der Waals surface area contributed by atoms with E-state index in [0.29, 0.717) is 17.7 Å². The van der Waals surface area contributed by atoms with Crippen LogP contribution in [0, 0.1) is 35.5 Å². The number of hydrogen-bond acceptors (Lipinski definition) is 9. The molecule has 3 aliphatic carbocycles. The molecule has 2 fully saturated rings. The third kappa shape index (κ3) is 4.86. The molecular formula is C33H39N3O7. The van der Waals surface area contributed by atoms with Crippen molar-refractivity contribution >= 4 is 34.7 Å². The quantitative estimate of drug-likeness (QED) is 0.264. The summed E-state index contributed by atoms with van der Waals surface area (Å²) in [6.45, 7) is 4.35. The maximum Gasteiger partial charge on any atom is 0.235 e. The molecule has 2 saturated carbocycles. The van der Waals surface area contributed by atoms with E-state index in [9.17, 15) is 34.2 Å². The van der Waals surface area contributed by atoms with E-state index >= 15 is 0 Å². The molecule has 2 unspecified atom stereocenters. The lowest BCUT2D eigenvalue weighted by molar-refractivity contribution is -0.182. The summed E-state index contributed by atoms with van der Waals surface area (Å²) in [5, 5.41) is 26.5. The number of fused-ring (bicyclic) bond motifs is 3. The van der Waals surface area contributed by atoms with Crippen LogP contribution >= 0.6 is 0 Å². The largest absolute Gasteiger partial charge is 0.507 e. The molecule has 2 aromatic carbocycles. The van der Waals surface area contributed by atoms with E-state index in [4.69, 9.17) is 5.73 Å². The van der Waals surface area contributed by atoms with Crippen LogP contribution in [0.2, 0.25) is 0 Å². The van der Waals surface area contributed by atoms with Gasteiger partial charge in [0.05, 0.1) is 11.5 Å². The average molecular weight is 590 g/mol. The summed E-state index contributed by atoms with van der Waals surface area (Å²) < 4.78 is 0. The lowest BCUT2D eigenvalue weighted by Gasteiger charge is -2.52. The Morgan fingerprint density at radius 3 is 2.40 bits per heavy atom. The van der Waals surface area contributed by atoms with Crippen molar-refractivity contribution in [3.05, 3.63) is 58.7 Å². The number of nitrogens with two attached hydrogens (primary N) is 1. The maximum absolute atomic E-state index is 14.1. The number of rotatable bonds is 8. The van der Waals surface area contributed by atoms with E-state index in [2.05, 4.69) is 5.32 Å². The van der Waals surface area contributed by atoms with Crippen LogP contribution in [0.25, 0.3) is 0 Å². The first-order chi connectivity index (χ1) is 20.3. The highest BCUT2D eigenvalue weighted by Crippen LogP contribution is 2.54. The number of ketones is 4. The molecule has 228 valence electrons. The van der Waals surface area contributed by atoms with Crippen LogP contribution in [0.15, 0.2) is 36.4 Å². The van der Waals surface area contributed by atoms with Gasteiger partial charge in [-0.25, -0.2) is 0 Å². The van der Waals surface area contributed by atoms with Crippen molar-refractivity contribution in [2.45, 2.75) is 45.3 Å². The summed E-state index contributed by atoms with van der Waals surface area (Å²) in [7, 11) is 3.66. The van der Waals surface area contributed by atoms with Crippen LogP contribution in [-0.4, -0.2) is 65.5 Å². The van der Waals surface area contributed by atoms with Crippen molar-refractivity contribution in [2.75, 3.05) is 25.5 Å². The van der Waals surface area contributed by atoms with E-state index < -0.39 is 70.1 Å². The lowest BCUT2D eigenvalue weighted by atomic mass is 9.49. The maximum atomic E-state index is 14.1. The molecule has 0 saturated heterocycles. The molecule has 0 aromatic heterocycles. The molecule has 2 aromatic rings. The Balaban J connectivity index is 1.51. The second kappa shape index (κ2) is 11.3. The molecule has 5 rings (SSSR count). The minimum atomic E-state index is -2.70. The van der Waals surface area contributed by atoms with Gasteiger partial charge in [0, 0.05) is 43.7 Å². The number of phenolic OH excluding ortho intramolecular Hbond substituents is 1. The third-order valence-electron chi connectivity index (χ3n) is 9.60. The number of primary amides is 1. The Morgan fingerprint density at radius 2 is 1.79 bits per heavy atom. The number of aliphatic hydroxyl groups is 1. The molecule has 5 N–H and O–H groups in total. The highest BCUT2D eigenvalue weighted by molar-refractivity contribution is 6.32. The predicted molar refractivity (Wildman–Crippen MR) is 158 cm³/mol. The number of phenols is 1. The second-order valence-electron chi connectivity index (χ2n) is 12.7. The molecule has 6 atom stereocenters. The number of hydrogen-bond donors (Lipinski definition) is 4. The van der Waals surface area contributed by atoms with Crippen molar-refractivity contribution < 1.29 is 34.2 Å². The van der Waals surface area contributed by atoms with Crippen LogP contribution in [0.5, 0.6) is 5.75 Å². The van der Waals surface area contributed by atoms with E-state index in [0.717, 1.165) is 17.7 Å². The second-order valence-corrected chi connectivity index (χ2v) is 12.7. The van der Waals surface area contributed by atoms with Gasteiger partial charge in [0.1, 0.15) is 5.75 Å². The van der Waals surface area contributed by atoms with Crippen LogP contribution in [-0.2, 0) is 38.6 Å². The fourth-order valence-electron chi connectivity index (χ4n) is 7.59. The Kier molecular flexibility index (Phi) is 8.04. The molecule has 0 aliphatic heterocycles. The zero-order valence-electron chi connectivity index (χ0n) is 24.9. The number of carbonyl (C=O) groups is 5. The molecule has 43 heavy (non-hydrogen) atoms. The highest BCUT2D eigenvalue weighted by Gasteiger charge is 2.69. The van der Waals surface area contributed by atoms with Gasteiger partial charge in [-0.3, -0.25) is 24.0 Å². The zero-order valence-corrected chi connectivity index (χ0v) is 24.9. The lowest BCUT2D eigenvalue weighted by Crippen LogP contribution is -2.71. The van der Waals surface area contributed by atoms with E-state index in [1.165, 1.54) is 0 Å². The van der Waals surface area contributed by atoms with Gasteiger partial charge in [-0.15, -0.1) is 0 Å². The van der Waals surface area contributed by atoms with Gasteiger partial charge in [-0.1, -0.05) is 44.2 Å². The fraction of sp³-hybridized carbons (Fsp3) is 0.485. The van der Waals surface area contributed by atoms with E-state index in [1.54, 1.807) is 13.8 Å². The summed E-state index contributed by atoms with van der Waals surface area (Å²) >= 11 is 0. The summed E-state index contributed by atoms with van der Waals surface area (Å²) in [5.41, 5.74) is 5.66. The van der Waals surface area contributed by atoms with Gasteiger partial charge in [-0.2, -0.15) is 0 Å². The molecule has 0 spiro atoms. The molecule has 0 heterocycles. The Labute approximate surface area is 250 Å². The van der Waals surface area contributed by atoms with Gasteiger partial charge in [0.2, 0.25) is 5.91 Å². The number of carbonyl (C=O) groups excluding carboxylic acids is 5. The monoisotopic (exact) mass is 589 g/mol. The first-order valence-electron chi connectivity index (χ1n) is 14.8. The number of benzene rings is 2. The molecule has 10 nitrogen and oxygen atoms in total. The SMILES string of the molecule is CC(C)[C@@H]1C(=O)C(C(N)=O)C(=O)[C@@]2(O)C(=O)C3C(=O)c4c(O)c(CNCCc5ccccc5)cc(N(C)C)c4C[C@H]3C[C@@H]12. The minimum Gasteiger partial charge on any atom is -0.507 e. The predicted octanol–water partition coefficient (Wildman–Crippen LogP) is 1.61. The van der Waals surface area contributed by atoms with Gasteiger partial charge < -0.3 is 26.2 Å². The van der Waals surface area contributed by atoms with Gasteiger partial charge in [0.25, 0.3) is 0 Å². The number of Topliss-reactive ketones (excluding diaryl/α,β-unsaturated/α-hetero) is 4. The summed E-state index contributed by atoms with van der Waals surface area (Å²) in [4.78, 5) is 69.1. The third-order valence-corrected chi connectivity index (χ3v) is 9.60. The normalized spacial score (nSPS) is 28.4. The number of anilines is 1. The van der Waals surface area contributed by atoms with E-state index in [-0.39, 0.29) is 30.7 Å². The highest BCUT2D eigenvalue weighted by atomic mass is 16.3. The number of amides is 1. The number of aromatic hydroxyl groups is 1. The molecule has 0 bridgehead atoms. The molecule has 1 amide bonds. The van der Waals surface area contributed by atoms with Gasteiger partial charge >= 0.3 is 0 Å². The van der Waals surface area contributed by atoms with Crippen molar-refractivity contribution in [3.8, 4) is 5.75 Å². The summed E-state index contributed by atoms with van der Waals surface area (Å²) in [6, 6.07) is 11.8. The fourth-order valence-corrected chi connectivity index (χ4v) is 7.59. The van der Waals surface area contributed by atoms with Crippen molar-refractivity contribution in [1.82, 2.24) is 5.32 Å². The van der Waals surface area contributed by atoms with Crippen LogP contribution in [0.1, 0.15) is 47.3 Å². The van der Waals surface area contributed by atoms with Gasteiger partial charge in [-0.05, 0) is 54.8 Å². The van der Waals surface area contributed by atoms with E-state index in [1.807, 2.05) is 55.4 Å². The smallest absolute Gasteiger partial charge is 0.235 e. The summed E-state index contributed by atoms with van der Waals surface area (Å²) in [5.74, 6) is -11.5. The molecule has 3 aliphatic rings. The standard InChI is InChI=1S/C33H39N3O7/c1-16(2)23-21-13-18-12-20-22(36(3)4)14-19(15-35-11-10-17-8-6-5-7-9-17)27(37)25(20)29(39)24(18)30(40)33(21,43)31(41)26(28(23)38)32(34)42/h5-9,14,16,18,21,23-24,26,35,37,43H,10-13,15H2,1-4H3,(H2,34,42)/t18-,21-,23-,24?,26?,33-/m0/s1. The number of nitrogens with one attached hydrogen (secondary N) is 1. The van der Waals surface area contributed by atoms with Crippen molar-refractivity contribution in [2.24, 2.45) is 41.2 Å². The van der Waals surface area contributed by atoms with Crippen LogP contribution < -0.4 is 16.0 Å². The minimum absolute atomic E-state index is 0.00825. The Bertz CT molecular complexity index is 1500. The Morgan fingerprint density at radius 1 is 1.12 bits per heavy atom. The Hall–Kier alpha value is -3.89. The topological polar surface area (TPSA) is 167 Å². The van der Waals surface area contributed by atoms with Gasteiger partial charge in [0.15, 0.2) is 34.7 Å². The van der Waals surface area contributed by atoms with Crippen molar-refractivity contribution in [3.63, 3.8) is 0 Å². The summed E-state index contributed by atoms with van der Waals surface area (Å²) in [6.07, 6.45) is 1.06. The number of nitrogens with zero attached hydrogens (tertiary/aromatic N) is 1. The van der Waals surface area contributed by atoms with Crippen LogP contribution in [0.4, 0.5) is 5.69 Å². The molecule has 0 radical (unpaired) electrons. The first-order valence-corrected chi connectivity index (χ1v) is 14.8. The van der Waals surface area contributed by atoms with Crippen molar-refractivity contribution in [1.29, 1.82) is 0 Å². The molecule has 10 heteroatoms. The first kappa shape index (κ1) is 30.6. The van der Waals surface area contributed by atoms with Crippen LogP contribution in [0.3, 0.4) is 0 Å². The average Bonchev–Trinajstić information content (AvgIpc) is 2.94. The molecular weight excluding hydrogens is 550 g/mol. The zero-order chi connectivity index (χ0) is 31.4.